The number of rotatable bonds is 5. The third-order valence-corrected chi connectivity index (χ3v) is 0.958. The normalized spacial score (nSPS) is 9.67. The van der Waals surface area contributed by atoms with Crippen LogP contribution in [0.25, 0.3) is 0 Å². The predicted octanol–water partition coefficient (Wildman–Crippen LogP) is 0.209. The first-order chi connectivity index (χ1) is 4.27. The first-order valence-corrected chi connectivity index (χ1v) is 2.97. The van der Waals surface area contributed by atoms with Crippen molar-refractivity contribution in [1.29, 1.82) is 0 Å². The van der Waals surface area contributed by atoms with Crippen molar-refractivity contribution >= 4 is 0 Å². The van der Waals surface area contributed by atoms with Crippen molar-refractivity contribution < 1.29 is 0 Å². The lowest BCUT2D eigenvalue weighted by Gasteiger charge is -2.06. The Morgan fingerprint density at radius 1 is 1.56 bits per heavy atom. The maximum Gasteiger partial charge on any atom is 0.0496 e. The van der Waals surface area contributed by atoms with E-state index < -0.39 is 0 Å². The molecule has 0 rings (SSSR count). The molecule has 0 aliphatic heterocycles. The van der Waals surface area contributed by atoms with Crippen LogP contribution in [0.2, 0.25) is 0 Å². The quantitative estimate of drug-likeness (QED) is 0.329. The number of hydrogen-bond donors (Lipinski definition) is 1. The van der Waals surface area contributed by atoms with E-state index >= 15 is 0 Å². The van der Waals surface area contributed by atoms with Gasteiger partial charge in [-0.2, -0.15) is 0 Å². The fourth-order valence-corrected chi connectivity index (χ4v) is 0.520. The molecule has 0 bridgehead atoms. The van der Waals surface area contributed by atoms with Crippen molar-refractivity contribution in [3.8, 4) is 0 Å². The Labute approximate surface area is 55.2 Å². The van der Waals surface area contributed by atoms with E-state index in [2.05, 4.69) is 15.6 Å². The van der Waals surface area contributed by atoms with Crippen molar-refractivity contribution in [2.75, 3.05) is 27.2 Å². The Hall–Kier alpha value is -0.640. The second-order valence-electron chi connectivity index (χ2n) is 2.16. The van der Waals surface area contributed by atoms with Crippen LogP contribution >= 0.6 is 0 Å². The number of nitroso groups, excluding NO2 is 1. The molecule has 0 aromatic rings. The van der Waals surface area contributed by atoms with Gasteiger partial charge in [-0.25, -0.2) is 0 Å². The van der Waals surface area contributed by atoms with Crippen LogP contribution in [0.4, 0.5) is 0 Å². The van der Waals surface area contributed by atoms with Crippen molar-refractivity contribution in [1.82, 2.24) is 10.3 Å². The maximum absolute atomic E-state index is 9.47. The second kappa shape index (κ2) is 5.50. The monoisotopic (exact) mass is 131 g/mol. The molecule has 54 valence electrons. The summed E-state index contributed by atoms with van der Waals surface area (Å²) >= 11 is 0. The topological polar surface area (TPSA) is 44.7 Å². The van der Waals surface area contributed by atoms with Crippen LogP contribution in [-0.4, -0.2) is 32.1 Å². The Morgan fingerprint density at radius 2 is 2.22 bits per heavy atom. The average molecular weight is 131 g/mol. The Bertz CT molecular complexity index is 74.6. The van der Waals surface area contributed by atoms with E-state index in [4.69, 9.17) is 0 Å². The summed E-state index contributed by atoms with van der Waals surface area (Å²) in [6.07, 6.45) is 0.957. The van der Waals surface area contributed by atoms with Crippen LogP contribution in [0.5, 0.6) is 0 Å². The van der Waals surface area contributed by atoms with Crippen molar-refractivity contribution in [2.24, 2.45) is 5.29 Å². The first kappa shape index (κ1) is 8.36. The molecule has 0 aromatic carbocycles. The molecule has 0 aromatic heterocycles. The Balaban J connectivity index is 2.82. The van der Waals surface area contributed by atoms with E-state index in [1.807, 2.05) is 14.1 Å². The lowest BCUT2D eigenvalue weighted by molar-refractivity contribution is 0.395. The van der Waals surface area contributed by atoms with Gasteiger partial charge in [0.05, 0.1) is 0 Å². The molecule has 0 aliphatic rings. The van der Waals surface area contributed by atoms with Crippen LogP contribution in [0.1, 0.15) is 6.42 Å². The van der Waals surface area contributed by atoms with Crippen LogP contribution in [-0.2, 0) is 0 Å². The molecule has 0 heterocycles. The number of nitrogens with one attached hydrogen (secondary N) is 1. The molecule has 0 saturated heterocycles. The van der Waals surface area contributed by atoms with Gasteiger partial charge in [0, 0.05) is 11.8 Å². The minimum atomic E-state index is 0.668. The number of nitrogens with zero attached hydrogens (tertiary/aromatic N) is 2. The highest BCUT2D eigenvalue weighted by Crippen LogP contribution is 1.79. The van der Waals surface area contributed by atoms with Gasteiger partial charge in [-0.1, -0.05) is 0 Å². The van der Waals surface area contributed by atoms with Crippen LogP contribution in [0, 0.1) is 4.91 Å². The molecule has 0 fully saturated rings. The SMILES string of the molecule is CN(C)CCCNN=O. The van der Waals surface area contributed by atoms with Gasteiger partial charge in [0.1, 0.15) is 0 Å². The van der Waals surface area contributed by atoms with Crippen LogP contribution in [0.15, 0.2) is 5.29 Å². The molecular weight excluding hydrogens is 118 g/mol. The molecule has 9 heavy (non-hydrogen) atoms. The van der Waals surface area contributed by atoms with Crippen molar-refractivity contribution in [3.63, 3.8) is 0 Å². The third-order valence-electron chi connectivity index (χ3n) is 0.958. The van der Waals surface area contributed by atoms with Crippen LogP contribution in [0.3, 0.4) is 0 Å². The van der Waals surface area contributed by atoms with Crippen molar-refractivity contribution in [2.45, 2.75) is 6.42 Å². The fourth-order valence-electron chi connectivity index (χ4n) is 0.520. The summed E-state index contributed by atoms with van der Waals surface area (Å²) in [7, 11) is 3.99. The Kier molecular flexibility index (Phi) is 5.11. The van der Waals surface area contributed by atoms with Crippen molar-refractivity contribution in [3.05, 3.63) is 4.91 Å². The maximum atomic E-state index is 9.47. The summed E-state index contributed by atoms with van der Waals surface area (Å²) in [6.45, 7) is 1.66. The smallest absolute Gasteiger partial charge is 0.0496 e. The van der Waals surface area contributed by atoms with Gasteiger partial charge in [0.15, 0.2) is 0 Å². The lowest BCUT2D eigenvalue weighted by Crippen LogP contribution is -2.17. The summed E-state index contributed by atoms with van der Waals surface area (Å²) in [4.78, 5) is 11.5. The molecular formula is C5H13N3O. The van der Waals surface area contributed by atoms with Gasteiger partial charge in [0.2, 0.25) is 0 Å². The average Bonchev–Trinajstić information content (AvgIpc) is 1.80. The van der Waals surface area contributed by atoms with Crippen LogP contribution < -0.4 is 5.43 Å². The predicted molar refractivity (Wildman–Crippen MR) is 37.0 cm³/mol. The van der Waals surface area contributed by atoms with Gasteiger partial charge in [-0.3, -0.25) is 5.43 Å². The summed E-state index contributed by atoms with van der Waals surface area (Å²) < 4.78 is 0. The highest BCUT2D eigenvalue weighted by molar-refractivity contribution is 4.45. The highest BCUT2D eigenvalue weighted by Gasteiger charge is 1.87. The molecule has 0 radical (unpaired) electrons. The summed E-state index contributed by atoms with van der Waals surface area (Å²) in [5, 5.41) is 2.51. The molecule has 4 heteroatoms. The molecule has 1 N–H and O–H groups in total. The van der Waals surface area contributed by atoms with E-state index in [0.29, 0.717) is 6.54 Å². The molecule has 0 amide bonds. The molecule has 0 spiro atoms. The van der Waals surface area contributed by atoms with E-state index in [1.54, 1.807) is 0 Å². The molecule has 4 nitrogen and oxygen atoms in total. The summed E-state index contributed by atoms with van der Waals surface area (Å²) in [5.74, 6) is 0. The van der Waals surface area contributed by atoms with E-state index in [0.717, 1.165) is 13.0 Å². The summed E-state index contributed by atoms with van der Waals surface area (Å²) in [5.41, 5.74) is 2.35. The molecule has 0 saturated carbocycles. The third kappa shape index (κ3) is 7.36. The Morgan fingerprint density at radius 3 is 2.67 bits per heavy atom. The molecule has 0 aliphatic carbocycles. The summed E-state index contributed by atoms with van der Waals surface area (Å²) in [6, 6.07) is 0. The zero-order chi connectivity index (χ0) is 7.11. The highest BCUT2D eigenvalue weighted by atomic mass is 16.3. The largest absolute Gasteiger partial charge is 0.309 e. The first-order valence-electron chi connectivity index (χ1n) is 2.97. The van der Waals surface area contributed by atoms with Gasteiger partial charge >= 0.3 is 0 Å². The molecule has 0 atom stereocenters. The molecule has 0 unspecified atom stereocenters. The van der Waals surface area contributed by atoms with E-state index in [1.165, 1.54) is 0 Å². The van der Waals surface area contributed by atoms with Gasteiger partial charge in [-0.15, -0.1) is 4.91 Å². The zero-order valence-electron chi connectivity index (χ0n) is 5.92. The second-order valence-corrected chi connectivity index (χ2v) is 2.16. The van der Waals surface area contributed by atoms with Gasteiger partial charge in [0.25, 0.3) is 0 Å². The van der Waals surface area contributed by atoms with Gasteiger partial charge < -0.3 is 4.90 Å². The van der Waals surface area contributed by atoms with E-state index in [-0.39, 0.29) is 0 Å². The zero-order valence-corrected chi connectivity index (χ0v) is 5.92. The standard InChI is InChI=1S/C5H13N3O/c1-8(2)5-3-4-6-7-9/h3-5H2,1-2H3,(H,6,9). The minimum absolute atomic E-state index is 0.668. The fraction of sp³-hybridized carbons (Fsp3) is 1.00. The van der Waals surface area contributed by atoms with E-state index in [9.17, 15) is 4.91 Å². The van der Waals surface area contributed by atoms with Gasteiger partial charge in [-0.05, 0) is 27.1 Å². The minimum Gasteiger partial charge on any atom is -0.309 e. The lowest BCUT2D eigenvalue weighted by atomic mass is 10.4. The number of hydrogen-bond acceptors (Lipinski definition) is 3.